The van der Waals surface area contributed by atoms with Gasteiger partial charge in [-0.2, -0.15) is 0 Å². The molecule has 1 aliphatic heterocycles. The number of aromatic nitrogens is 1. The molecule has 190 valence electrons. The lowest BCUT2D eigenvalue weighted by molar-refractivity contribution is 0.0909. The summed E-state index contributed by atoms with van der Waals surface area (Å²) >= 11 is 0. The molecule has 0 saturated carbocycles. The maximum absolute atomic E-state index is 13.5. The first-order valence-electron chi connectivity index (χ1n) is 12.6. The van der Waals surface area contributed by atoms with Crippen LogP contribution in [0.2, 0.25) is 0 Å². The van der Waals surface area contributed by atoms with Gasteiger partial charge in [0.25, 0.3) is 11.8 Å². The fourth-order valence-corrected chi connectivity index (χ4v) is 4.83. The van der Waals surface area contributed by atoms with E-state index >= 15 is 0 Å². The SMILES string of the molecule is CC(C)Oc1ccc(-c2ccc3c(c2)C(=O)NCC3)cc1C(=O)N[C@@H](CO)Cc1c[nH]c2ccccc12. The van der Waals surface area contributed by atoms with Gasteiger partial charge in [0.15, 0.2) is 0 Å². The number of fused-ring (bicyclic) bond motifs is 2. The quantitative estimate of drug-likeness (QED) is 0.292. The second kappa shape index (κ2) is 10.5. The number of para-hydroxylation sites is 1. The highest BCUT2D eigenvalue weighted by Gasteiger charge is 2.21. The highest BCUT2D eigenvalue weighted by molar-refractivity contribution is 6.00. The summed E-state index contributed by atoms with van der Waals surface area (Å²) in [6, 6.07) is 18.8. The van der Waals surface area contributed by atoms with Gasteiger partial charge in [-0.1, -0.05) is 36.4 Å². The number of hydrogen-bond donors (Lipinski definition) is 4. The minimum Gasteiger partial charge on any atom is -0.490 e. The molecule has 5 rings (SSSR count). The van der Waals surface area contributed by atoms with Gasteiger partial charge >= 0.3 is 0 Å². The molecule has 7 nitrogen and oxygen atoms in total. The molecule has 7 heteroatoms. The van der Waals surface area contributed by atoms with Gasteiger partial charge in [-0.15, -0.1) is 0 Å². The Morgan fingerprint density at radius 3 is 2.68 bits per heavy atom. The van der Waals surface area contributed by atoms with E-state index in [1.165, 1.54) is 0 Å². The van der Waals surface area contributed by atoms with Crippen molar-refractivity contribution in [1.29, 1.82) is 0 Å². The van der Waals surface area contributed by atoms with Crippen LogP contribution in [0.4, 0.5) is 0 Å². The first-order chi connectivity index (χ1) is 17.9. The Morgan fingerprint density at radius 1 is 1.08 bits per heavy atom. The summed E-state index contributed by atoms with van der Waals surface area (Å²) in [6.07, 6.45) is 3.07. The Morgan fingerprint density at radius 2 is 1.86 bits per heavy atom. The maximum Gasteiger partial charge on any atom is 0.255 e. The number of aliphatic hydroxyl groups is 1. The molecule has 4 N–H and O–H groups in total. The Hall–Kier alpha value is -4.10. The molecule has 2 heterocycles. The predicted octanol–water partition coefficient (Wildman–Crippen LogP) is 4.24. The number of carbonyl (C=O) groups is 2. The number of ether oxygens (including phenoxy) is 1. The second-order valence-corrected chi connectivity index (χ2v) is 9.67. The van der Waals surface area contributed by atoms with Crippen molar-refractivity contribution in [3.05, 3.63) is 89.1 Å². The van der Waals surface area contributed by atoms with Crippen molar-refractivity contribution in [2.75, 3.05) is 13.2 Å². The van der Waals surface area contributed by atoms with Crippen LogP contribution in [0.25, 0.3) is 22.0 Å². The lowest BCUT2D eigenvalue weighted by Gasteiger charge is -2.20. The average Bonchev–Trinajstić information content (AvgIpc) is 3.31. The van der Waals surface area contributed by atoms with Gasteiger partial charge in [0.2, 0.25) is 0 Å². The first-order valence-corrected chi connectivity index (χ1v) is 12.6. The van der Waals surface area contributed by atoms with E-state index in [1.807, 2.05) is 68.6 Å². The Bertz CT molecular complexity index is 1460. The Balaban J connectivity index is 1.43. The molecule has 1 aliphatic rings. The van der Waals surface area contributed by atoms with Gasteiger partial charge < -0.3 is 25.5 Å². The number of carbonyl (C=O) groups excluding carboxylic acids is 2. The highest BCUT2D eigenvalue weighted by atomic mass is 16.5. The Kier molecular flexibility index (Phi) is 6.97. The summed E-state index contributed by atoms with van der Waals surface area (Å²) in [5, 5.41) is 17.0. The van der Waals surface area contributed by atoms with Crippen molar-refractivity contribution in [2.24, 2.45) is 0 Å². The van der Waals surface area contributed by atoms with Crippen LogP contribution in [0, 0.1) is 0 Å². The highest BCUT2D eigenvalue weighted by Crippen LogP contribution is 2.30. The van der Waals surface area contributed by atoms with Crippen molar-refractivity contribution in [2.45, 2.75) is 38.8 Å². The largest absolute Gasteiger partial charge is 0.490 e. The van der Waals surface area contributed by atoms with Crippen LogP contribution < -0.4 is 15.4 Å². The molecule has 1 atom stereocenters. The zero-order chi connectivity index (χ0) is 25.9. The van der Waals surface area contributed by atoms with Crippen molar-refractivity contribution in [3.8, 4) is 16.9 Å². The number of aliphatic hydroxyl groups excluding tert-OH is 1. The topological polar surface area (TPSA) is 103 Å². The van der Waals surface area contributed by atoms with Crippen LogP contribution in [0.3, 0.4) is 0 Å². The molecule has 0 aliphatic carbocycles. The number of amides is 2. The van der Waals surface area contributed by atoms with Crippen LogP contribution in [0.5, 0.6) is 5.75 Å². The molecule has 0 fully saturated rings. The summed E-state index contributed by atoms with van der Waals surface area (Å²) in [6.45, 7) is 4.25. The summed E-state index contributed by atoms with van der Waals surface area (Å²) in [4.78, 5) is 29.1. The fraction of sp³-hybridized carbons (Fsp3) is 0.267. The molecule has 0 bridgehead atoms. The average molecular weight is 498 g/mol. The molecule has 4 aromatic rings. The van der Waals surface area contributed by atoms with Crippen LogP contribution >= 0.6 is 0 Å². The van der Waals surface area contributed by atoms with E-state index in [-0.39, 0.29) is 24.5 Å². The van der Waals surface area contributed by atoms with Crippen molar-refractivity contribution >= 4 is 22.7 Å². The number of H-pyrrole nitrogens is 1. The summed E-state index contributed by atoms with van der Waals surface area (Å²) in [7, 11) is 0. The molecule has 0 radical (unpaired) electrons. The predicted molar refractivity (Wildman–Crippen MR) is 144 cm³/mol. The number of aromatic amines is 1. The first kappa shape index (κ1) is 24.6. The smallest absolute Gasteiger partial charge is 0.255 e. The van der Waals surface area contributed by atoms with Gasteiger partial charge in [0, 0.05) is 29.2 Å². The maximum atomic E-state index is 13.5. The van der Waals surface area contributed by atoms with E-state index < -0.39 is 6.04 Å². The summed E-state index contributed by atoms with van der Waals surface area (Å²) in [5.41, 5.74) is 5.75. The van der Waals surface area contributed by atoms with Crippen molar-refractivity contribution in [3.63, 3.8) is 0 Å². The molecular weight excluding hydrogens is 466 g/mol. The number of nitrogens with one attached hydrogen (secondary N) is 3. The normalized spacial score (nSPS) is 13.8. The van der Waals surface area contributed by atoms with Crippen LogP contribution in [-0.4, -0.2) is 47.2 Å². The van der Waals surface area contributed by atoms with Crippen molar-refractivity contribution in [1.82, 2.24) is 15.6 Å². The molecule has 37 heavy (non-hydrogen) atoms. The van der Waals surface area contributed by atoms with Crippen LogP contribution in [-0.2, 0) is 12.8 Å². The fourth-order valence-electron chi connectivity index (χ4n) is 4.83. The third-order valence-corrected chi connectivity index (χ3v) is 6.65. The van der Waals surface area contributed by atoms with E-state index in [4.69, 9.17) is 4.74 Å². The number of benzene rings is 3. The molecular formula is C30H31N3O4. The number of rotatable bonds is 8. The van der Waals surface area contributed by atoms with Crippen molar-refractivity contribution < 1.29 is 19.4 Å². The lowest BCUT2D eigenvalue weighted by atomic mass is 9.94. The van der Waals surface area contributed by atoms with E-state index in [0.29, 0.717) is 29.8 Å². The zero-order valence-electron chi connectivity index (χ0n) is 21.0. The molecule has 1 aromatic heterocycles. The zero-order valence-corrected chi connectivity index (χ0v) is 21.0. The third kappa shape index (κ3) is 5.22. The van der Waals surface area contributed by atoms with Crippen LogP contribution in [0.1, 0.15) is 45.7 Å². The molecule has 2 amide bonds. The summed E-state index contributed by atoms with van der Waals surface area (Å²) in [5.74, 6) is 0.0618. The van der Waals surface area contributed by atoms with Gasteiger partial charge in [-0.3, -0.25) is 9.59 Å². The van der Waals surface area contributed by atoms with Gasteiger partial charge in [0.05, 0.1) is 24.3 Å². The molecule has 0 unspecified atom stereocenters. The van der Waals surface area contributed by atoms with Crippen LogP contribution in [0.15, 0.2) is 66.9 Å². The van der Waals surface area contributed by atoms with E-state index in [2.05, 4.69) is 15.6 Å². The third-order valence-electron chi connectivity index (χ3n) is 6.65. The monoisotopic (exact) mass is 497 g/mol. The van der Waals surface area contributed by atoms with E-state index in [0.717, 1.165) is 39.6 Å². The number of hydrogen-bond acceptors (Lipinski definition) is 4. The van der Waals surface area contributed by atoms with E-state index in [9.17, 15) is 14.7 Å². The minimum atomic E-state index is -0.477. The Labute approximate surface area is 215 Å². The van der Waals surface area contributed by atoms with Gasteiger partial charge in [-0.25, -0.2) is 0 Å². The van der Waals surface area contributed by atoms with Gasteiger partial charge in [-0.05, 0) is 73.2 Å². The molecule has 3 aromatic carbocycles. The second-order valence-electron chi connectivity index (χ2n) is 9.67. The summed E-state index contributed by atoms with van der Waals surface area (Å²) < 4.78 is 5.95. The minimum absolute atomic E-state index is 0.0797. The molecule has 0 spiro atoms. The molecule has 0 saturated heterocycles. The van der Waals surface area contributed by atoms with E-state index in [1.54, 1.807) is 12.1 Å². The standard InChI is InChI=1S/C30H31N3O4/c1-18(2)37-28-10-9-21(20-8-7-19-11-12-31-29(35)25(19)14-20)15-26(28)30(36)33-23(17-34)13-22-16-32-27-6-4-3-5-24(22)27/h3-10,14-16,18,23,32,34H,11-13,17H2,1-2H3,(H,31,35)(H,33,36)/t23-/m1/s1. The lowest BCUT2D eigenvalue weighted by Crippen LogP contribution is -2.39. The van der Waals surface area contributed by atoms with Gasteiger partial charge in [0.1, 0.15) is 5.75 Å².